The summed E-state index contributed by atoms with van der Waals surface area (Å²) in [5, 5.41) is 0. The van der Waals surface area contributed by atoms with E-state index in [1.165, 1.54) is 13.2 Å². The monoisotopic (exact) mass is 276 g/mol. The molecule has 0 atom stereocenters. The van der Waals surface area contributed by atoms with Crippen molar-refractivity contribution in [2.24, 2.45) is 5.73 Å². The molecule has 0 bridgehead atoms. The quantitative estimate of drug-likeness (QED) is 0.835. The molecule has 0 saturated carbocycles. The van der Waals surface area contributed by atoms with Crippen LogP contribution in [0.2, 0.25) is 0 Å². The highest BCUT2D eigenvalue weighted by Crippen LogP contribution is 2.21. The van der Waals surface area contributed by atoms with E-state index in [9.17, 15) is 12.8 Å². The predicted molar refractivity (Wildman–Crippen MR) is 66.4 cm³/mol. The van der Waals surface area contributed by atoms with E-state index in [-0.39, 0.29) is 17.2 Å². The van der Waals surface area contributed by atoms with Crippen molar-refractivity contribution in [3.8, 4) is 5.75 Å². The molecule has 1 aromatic carbocycles. The lowest BCUT2D eigenvalue weighted by Crippen LogP contribution is -2.45. The van der Waals surface area contributed by atoms with Gasteiger partial charge < -0.3 is 10.5 Å². The number of hydrogen-bond donors (Lipinski definition) is 2. The summed E-state index contributed by atoms with van der Waals surface area (Å²) >= 11 is 0. The number of rotatable bonds is 5. The molecule has 1 aromatic rings. The van der Waals surface area contributed by atoms with Crippen LogP contribution in [0.5, 0.6) is 5.75 Å². The summed E-state index contributed by atoms with van der Waals surface area (Å²) in [5.74, 6) is -0.736. The fourth-order valence-corrected chi connectivity index (χ4v) is 2.41. The molecule has 0 radical (unpaired) electrons. The topological polar surface area (TPSA) is 81.4 Å². The van der Waals surface area contributed by atoms with Gasteiger partial charge in [0, 0.05) is 18.2 Å². The largest absolute Gasteiger partial charge is 0.494 e. The van der Waals surface area contributed by atoms with Crippen LogP contribution in [0.15, 0.2) is 23.1 Å². The Balaban J connectivity index is 2.99. The summed E-state index contributed by atoms with van der Waals surface area (Å²) in [6, 6.07) is 3.34. The zero-order valence-corrected chi connectivity index (χ0v) is 11.3. The number of halogens is 1. The molecule has 18 heavy (non-hydrogen) atoms. The molecular formula is C11H17FN2O3S. The molecule has 0 aliphatic rings. The summed E-state index contributed by atoms with van der Waals surface area (Å²) in [7, 11) is -2.45. The van der Waals surface area contributed by atoms with Crippen LogP contribution in [0.25, 0.3) is 0 Å². The van der Waals surface area contributed by atoms with E-state index in [4.69, 9.17) is 10.5 Å². The summed E-state index contributed by atoms with van der Waals surface area (Å²) < 4.78 is 44.1. The van der Waals surface area contributed by atoms with Gasteiger partial charge in [-0.05, 0) is 26.0 Å². The van der Waals surface area contributed by atoms with Crippen LogP contribution in [0.3, 0.4) is 0 Å². The van der Waals surface area contributed by atoms with Crippen LogP contribution in [0, 0.1) is 5.82 Å². The minimum absolute atomic E-state index is 0.0648. The zero-order chi connectivity index (χ0) is 14.0. The highest BCUT2D eigenvalue weighted by molar-refractivity contribution is 7.89. The van der Waals surface area contributed by atoms with Crippen molar-refractivity contribution < 1.29 is 17.5 Å². The molecule has 0 amide bonds. The van der Waals surface area contributed by atoms with Crippen molar-refractivity contribution in [2.75, 3.05) is 13.7 Å². The van der Waals surface area contributed by atoms with Gasteiger partial charge in [0.2, 0.25) is 10.0 Å². The van der Waals surface area contributed by atoms with Crippen LogP contribution >= 0.6 is 0 Å². The average Bonchev–Trinajstić information content (AvgIpc) is 2.26. The Morgan fingerprint density at radius 2 is 2.06 bits per heavy atom. The van der Waals surface area contributed by atoms with E-state index in [1.54, 1.807) is 13.8 Å². The first kappa shape index (κ1) is 14.9. The first-order chi connectivity index (χ1) is 8.15. The van der Waals surface area contributed by atoms with Gasteiger partial charge in [-0.2, -0.15) is 0 Å². The van der Waals surface area contributed by atoms with Gasteiger partial charge in [-0.1, -0.05) is 0 Å². The summed E-state index contributed by atoms with van der Waals surface area (Å²) in [6.45, 7) is 3.47. The Hall–Kier alpha value is -1.18. The second-order valence-corrected chi connectivity index (χ2v) is 6.38. The second-order valence-electron chi connectivity index (χ2n) is 4.61. The van der Waals surface area contributed by atoms with Gasteiger partial charge >= 0.3 is 0 Å². The number of methoxy groups -OCH3 is 1. The third kappa shape index (κ3) is 3.94. The van der Waals surface area contributed by atoms with E-state index in [0.29, 0.717) is 0 Å². The smallest absolute Gasteiger partial charge is 0.240 e. The summed E-state index contributed by atoms with van der Waals surface area (Å²) in [4.78, 5) is -0.0648. The van der Waals surface area contributed by atoms with Gasteiger partial charge in [0.05, 0.1) is 12.0 Å². The molecule has 0 spiro atoms. The molecular weight excluding hydrogens is 259 g/mol. The molecule has 3 N–H and O–H groups in total. The highest BCUT2D eigenvalue weighted by Gasteiger charge is 2.20. The number of ether oxygens (including phenoxy) is 1. The third-order valence-corrected chi connectivity index (χ3v) is 3.55. The molecule has 0 aromatic heterocycles. The molecule has 0 saturated heterocycles. The van der Waals surface area contributed by atoms with E-state index in [1.807, 2.05) is 0 Å². The molecule has 0 unspecified atom stereocenters. The van der Waals surface area contributed by atoms with Gasteiger partial charge in [-0.3, -0.25) is 0 Å². The van der Waals surface area contributed by atoms with Crippen molar-refractivity contribution in [1.82, 2.24) is 4.72 Å². The maximum atomic E-state index is 13.2. The summed E-state index contributed by atoms with van der Waals surface area (Å²) in [6.07, 6.45) is 0. The third-order valence-electron chi connectivity index (χ3n) is 2.15. The van der Waals surface area contributed by atoms with Gasteiger partial charge in [0.25, 0.3) is 0 Å². The SMILES string of the molecule is COc1cc(S(=O)(=O)NCC(C)(C)N)ccc1F. The van der Waals surface area contributed by atoms with Crippen LogP contribution < -0.4 is 15.2 Å². The van der Waals surface area contributed by atoms with Crippen molar-refractivity contribution in [3.63, 3.8) is 0 Å². The summed E-state index contributed by atoms with van der Waals surface area (Å²) in [5.41, 5.74) is 5.02. The zero-order valence-electron chi connectivity index (χ0n) is 10.5. The lowest BCUT2D eigenvalue weighted by Gasteiger charge is -2.19. The first-order valence-electron chi connectivity index (χ1n) is 5.28. The van der Waals surface area contributed by atoms with Gasteiger partial charge in [0.15, 0.2) is 11.6 Å². The lowest BCUT2D eigenvalue weighted by molar-refractivity contribution is 0.385. The highest BCUT2D eigenvalue weighted by atomic mass is 32.2. The Morgan fingerprint density at radius 1 is 1.44 bits per heavy atom. The van der Waals surface area contributed by atoms with E-state index < -0.39 is 21.4 Å². The fourth-order valence-electron chi connectivity index (χ4n) is 1.17. The van der Waals surface area contributed by atoms with Gasteiger partial charge in [-0.25, -0.2) is 17.5 Å². The van der Waals surface area contributed by atoms with E-state index in [0.717, 1.165) is 12.1 Å². The standard InChI is InChI=1S/C11H17FN2O3S/c1-11(2,13)7-14-18(15,16)8-4-5-9(12)10(6-8)17-3/h4-6,14H,7,13H2,1-3H3. The van der Waals surface area contributed by atoms with Crippen LogP contribution in [-0.4, -0.2) is 27.6 Å². The van der Waals surface area contributed by atoms with E-state index in [2.05, 4.69) is 4.72 Å². The number of hydrogen-bond acceptors (Lipinski definition) is 4. The number of sulfonamides is 1. The molecule has 5 nitrogen and oxygen atoms in total. The predicted octanol–water partition coefficient (Wildman–Crippen LogP) is 0.850. The average molecular weight is 276 g/mol. The van der Waals surface area contributed by atoms with E-state index >= 15 is 0 Å². The maximum absolute atomic E-state index is 13.2. The van der Waals surface area contributed by atoms with Crippen molar-refractivity contribution in [1.29, 1.82) is 0 Å². The van der Waals surface area contributed by atoms with Crippen LogP contribution in [0.4, 0.5) is 4.39 Å². The van der Waals surface area contributed by atoms with Crippen molar-refractivity contribution in [2.45, 2.75) is 24.3 Å². The Kier molecular flexibility index (Phi) is 4.31. The second kappa shape index (κ2) is 5.21. The number of benzene rings is 1. The number of nitrogens with two attached hydrogens (primary N) is 1. The first-order valence-corrected chi connectivity index (χ1v) is 6.76. The molecule has 1 rings (SSSR count). The Labute approximate surface area is 106 Å². The molecule has 0 fully saturated rings. The van der Waals surface area contributed by atoms with Crippen LogP contribution in [-0.2, 0) is 10.0 Å². The molecule has 0 aliphatic carbocycles. The Morgan fingerprint density at radius 3 is 2.56 bits per heavy atom. The van der Waals surface area contributed by atoms with Gasteiger partial charge in [-0.15, -0.1) is 0 Å². The molecule has 102 valence electrons. The normalized spacial score (nSPS) is 12.5. The fraction of sp³-hybridized carbons (Fsp3) is 0.455. The van der Waals surface area contributed by atoms with Crippen LogP contribution in [0.1, 0.15) is 13.8 Å². The Bertz CT molecular complexity index is 524. The van der Waals surface area contributed by atoms with Crippen molar-refractivity contribution in [3.05, 3.63) is 24.0 Å². The number of nitrogens with one attached hydrogen (secondary N) is 1. The minimum Gasteiger partial charge on any atom is -0.494 e. The molecule has 0 heterocycles. The minimum atomic E-state index is -3.72. The van der Waals surface area contributed by atoms with Crippen molar-refractivity contribution >= 4 is 10.0 Å². The maximum Gasteiger partial charge on any atom is 0.240 e. The van der Waals surface area contributed by atoms with Gasteiger partial charge in [0.1, 0.15) is 0 Å². The lowest BCUT2D eigenvalue weighted by atomic mass is 10.1. The molecule has 7 heteroatoms. The molecule has 0 aliphatic heterocycles.